The average molecular weight is 476 g/mol. The summed E-state index contributed by atoms with van der Waals surface area (Å²) < 4.78 is 10.7. The first-order valence-electron chi connectivity index (χ1n) is 12.0. The van der Waals surface area contributed by atoms with Gasteiger partial charge in [0.05, 0.1) is 19.9 Å². The molecule has 0 aliphatic carbocycles. The fraction of sp³-hybridized carbons (Fsp3) is 0.370. The lowest BCUT2D eigenvalue weighted by atomic mass is 10.1. The van der Waals surface area contributed by atoms with Crippen LogP contribution < -0.4 is 20.1 Å². The van der Waals surface area contributed by atoms with Gasteiger partial charge in [-0.3, -0.25) is 4.79 Å². The van der Waals surface area contributed by atoms with Crippen LogP contribution in [-0.4, -0.2) is 67.7 Å². The zero-order chi connectivity index (χ0) is 24.5. The molecule has 1 saturated heterocycles. The number of nitrogens with one attached hydrogen (secondary N) is 2. The Morgan fingerprint density at radius 3 is 2.69 bits per heavy atom. The Bertz CT molecular complexity index is 1130. The van der Waals surface area contributed by atoms with Crippen LogP contribution in [0.3, 0.4) is 0 Å². The van der Waals surface area contributed by atoms with E-state index in [0.29, 0.717) is 24.6 Å². The van der Waals surface area contributed by atoms with Gasteiger partial charge < -0.3 is 25.0 Å². The first-order chi connectivity index (χ1) is 17.2. The molecule has 0 spiro atoms. The largest absolute Gasteiger partial charge is 0.497 e. The van der Waals surface area contributed by atoms with E-state index in [1.54, 1.807) is 20.4 Å². The Balaban J connectivity index is 1.34. The molecule has 1 aliphatic rings. The molecule has 35 heavy (non-hydrogen) atoms. The third-order valence-electron chi connectivity index (χ3n) is 6.16. The minimum atomic E-state index is -0.0631. The molecule has 0 radical (unpaired) electrons. The van der Waals surface area contributed by atoms with Gasteiger partial charge in [0.2, 0.25) is 5.95 Å². The second kappa shape index (κ2) is 12.2. The molecule has 1 aliphatic heterocycles. The van der Waals surface area contributed by atoms with Gasteiger partial charge >= 0.3 is 0 Å². The van der Waals surface area contributed by atoms with Crippen LogP contribution >= 0.6 is 0 Å². The summed E-state index contributed by atoms with van der Waals surface area (Å²) in [5.74, 6) is 2.02. The first-order valence-corrected chi connectivity index (χ1v) is 12.0. The van der Waals surface area contributed by atoms with E-state index in [2.05, 4.69) is 25.5 Å². The lowest BCUT2D eigenvalue weighted by molar-refractivity contribution is 0.0950. The van der Waals surface area contributed by atoms with Crippen LogP contribution in [0.4, 0.5) is 5.95 Å². The van der Waals surface area contributed by atoms with Crippen LogP contribution in [0.5, 0.6) is 11.5 Å². The second-order valence-corrected chi connectivity index (χ2v) is 8.51. The van der Waals surface area contributed by atoms with Crippen molar-refractivity contribution in [2.75, 3.05) is 52.3 Å². The highest BCUT2D eigenvalue weighted by atomic mass is 16.5. The molecule has 0 atom stereocenters. The fourth-order valence-electron chi connectivity index (χ4n) is 4.23. The third-order valence-corrected chi connectivity index (χ3v) is 6.16. The molecule has 2 heterocycles. The maximum absolute atomic E-state index is 12.6. The van der Waals surface area contributed by atoms with Gasteiger partial charge in [0, 0.05) is 43.0 Å². The third kappa shape index (κ3) is 6.70. The van der Waals surface area contributed by atoms with Gasteiger partial charge in [0.25, 0.3) is 5.91 Å². The summed E-state index contributed by atoms with van der Waals surface area (Å²) in [7, 11) is 3.29. The normalized spacial score (nSPS) is 13.4. The van der Waals surface area contributed by atoms with E-state index in [0.717, 1.165) is 54.4 Å². The van der Waals surface area contributed by atoms with Crippen molar-refractivity contribution >= 4 is 11.9 Å². The van der Waals surface area contributed by atoms with E-state index in [9.17, 15) is 4.79 Å². The second-order valence-electron chi connectivity index (χ2n) is 8.51. The number of amides is 1. The average Bonchev–Trinajstić information content (AvgIpc) is 3.42. The van der Waals surface area contributed by atoms with Crippen molar-refractivity contribution < 1.29 is 14.3 Å². The van der Waals surface area contributed by atoms with Gasteiger partial charge in [-0.2, -0.15) is 0 Å². The summed E-state index contributed by atoms with van der Waals surface area (Å²) >= 11 is 0. The van der Waals surface area contributed by atoms with Crippen LogP contribution in [0.2, 0.25) is 0 Å². The van der Waals surface area contributed by atoms with E-state index >= 15 is 0 Å². The molecule has 1 aromatic heterocycles. The topological polar surface area (TPSA) is 88.6 Å². The maximum Gasteiger partial charge on any atom is 0.251 e. The van der Waals surface area contributed by atoms with Crippen LogP contribution in [0, 0.1) is 0 Å². The number of rotatable bonds is 11. The molecule has 2 aromatic carbocycles. The summed E-state index contributed by atoms with van der Waals surface area (Å²) in [5.41, 5.74) is 3.33. The molecule has 1 amide bonds. The molecular formula is C27H33N5O3. The fourth-order valence-corrected chi connectivity index (χ4v) is 4.23. The number of hydrogen-bond donors (Lipinski definition) is 2. The number of methoxy groups -OCH3 is 2. The molecule has 0 unspecified atom stereocenters. The summed E-state index contributed by atoms with van der Waals surface area (Å²) in [6, 6.07) is 15.2. The van der Waals surface area contributed by atoms with Crippen LogP contribution in [0.25, 0.3) is 11.3 Å². The summed E-state index contributed by atoms with van der Waals surface area (Å²) in [6.45, 7) is 4.45. The minimum Gasteiger partial charge on any atom is -0.497 e. The minimum absolute atomic E-state index is 0.0631. The van der Waals surface area contributed by atoms with Crippen molar-refractivity contribution in [3.63, 3.8) is 0 Å². The summed E-state index contributed by atoms with van der Waals surface area (Å²) in [6.07, 6.45) is 4.97. The van der Waals surface area contributed by atoms with E-state index in [1.807, 2.05) is 48.5 Å². The van der Waals surface area contributed by atoms with Crippen molar-refractivity contribution in [3.05, 3.63) is 65.9 Å². The Labute approximate surface area is 206 Å². The van der Waals surface area contributed by atoms with Crippen molar-refractivity contribution in [1.82, 2.24) is 20.2 Å². The molecule has 184 valence electrons. The number of carbonyl (C=O) groups is 1. The van der Waals surface area contributed by atoms with Gasteiger partial charge in [0.1, 0.15) is 11.5 Å². The smallest absolute Gasteiger partial charge is 0.251 e. The number of carbonyl (C=O) groups excluding carboxylic acids is 1. The molecule has 2 N–H and O–H groups in total. The molecule has 8 nitrogen and oxygen atoms in total. The standard InChI is InChI=1S/C27H33N5O3/c1-34-23-9-8-20(25(19-23)35-2)10-12-29-27-30-13-11-24(31-27)21-6-5-7-22(18-21)26(33)28-14-17-32-15-3-4-16-32/h5-9,11,13,18-19H,3-4,10,12,14-17H2,1-2H3,(H,28,33)(H,29,30,31). The van der Waals surface area contributed by atoms with Crippen molar-refractivity contribution in [1.29, 1.82) is 0 Å². The van der Waals surface area contributed by atoms with Crippen molar-refractivity contribution in [2.24, 2.45) is 0 Å². The van der Waals surface area contributed by atoms with Gasteiger partial charge in [-0.05, 0) is 62.2 Å². The Morgan fingerprint density at radius 1 is 1.03 bits per heavy atom. The van der Waals surface area contributed by atoms with Gasteiger partial charge in [0.15, 0.2) is 0 Å². The molecule has 3 aromatic rings. The number of benzene rings is 2. The number of aromatic nitrogens is 2. The number of ether oxygens (including phenoxy) is 2. The van der Waals surface area contributed by atoms with E-state index in [1.165, 1.54) is 12.8 Å². The Hall–Kier alpha value is -3.65. The lowest BCUT2D eigenvalue weighted by Gasteiger charge is -2.14. The zero-order valence-corrected chi connectivity index (χ0v) is 20.4. The van der Waals surface area contributed by atoms with E-state index < -0.39 is 0 Å². The first kappa shape index (κ1) is 24.5. The van der Waals surface area contributed by atoms with E-state index in [4.69, 9.17) is 9.47 Å². The Kier molecular flexibility index (Phi) is 8.51. The molecule has 1 fully saturated rings. The number of nitrogens with zero attached hydrogens (tertiary/aromatic N) is 3. The van der Waals surface area contributed by atoms with Gasteiger partial charge in [-0.15, -0.1) is 0 Å². The highest BCUT2D eigenvalue weighted by Crippen LogP contribution is 2.25. The number of hydrogen-bond acceptors (Lipinski definition) is 7. The number of anilines is 1. The molecular weight excluding hydrogens is 442 g/mol. The van der Waals surface area contributed by atoms with Crippen LogP contribution in [0.1, 0.15) is 28.8 Å². The molecule has 4 rings (SSSR count). The van der Waals surface area contributed by atoms with Crippen LogP contribution in [0.15, 0.2) is 54.7 Å². The highest BCUT2D eigenvalue weighted by molar-refractivity contribution is 5.95. The quantitative estimate of drug-likeness (QED) is 0.438. The molecule has 8 heteroatoms. The monoisotopic (exact) mass is 475 g/mol. The lowest BCUT2D eigenvalue weighted by Crippen LogP contribution is -2.33. The molecule has 0 saturated carbocycles. The summed E-state index contributed by atoms with van der Waals surface area (Å²) in [4.78, 5) is 24.0. The van der Waals surface area contributed by atoms with Crippen LogP contribution in [-0.2, 0) is 6.42 Å². The predicted molar refractivity (Wildman–Crippen MR) is 137 cm³/mol. The Morgan fingerprint density at radius 2 is 1.89 bits per heavy atom. The zero-order valence-electron chi connectivity index (χ0n) is 20.4. The maximum atomic E-state index is 12.6. The molecule has 0 bridgehead atoms. The highest BCUT2D eigenvalue weighted by Gasteiger charge is 2.13. The SMILES string of the molecule is COc1ccc(CCNc2nccc(-c3cccc(C(=O)NCCN4CCCC4)c3)n2)c(OC)c1. The van der Waals surface area contributed by atoms with Gasteiger partial charge in [-0.1, -0.05) is 18.2 Å². The van der Waals surface area contributed by atoms with Gasteiger partial charge in [-0.25, -0.2) is 9.97 Å². The van der Waals surface area contributed by atoms with E-state index in [-0.39, 0.29) is 5.91 Å². The summed E-state index contributed by atoms with van der Waals surface area (Å²) in [5, 5.41) is 6.31. The number of likely N-dealkylation sites (tertiary alicyclic amines) is 1. The van der Waals surface area contributed by atoms with Crippen molar-refractivity contribution in [2.45, 2.75) is 19.3 Å². The predicted octanol–water partition coefficient (Wildman–Crippen LogP) is 3.64. The van der Waals surface area contributed by atoms with Crippen molar-refractivity contribution in [3.8, 4) is 22.8 Å².